The molecule has 0 aliphatic carbocycles. The Labute approximate surface area is 99.6 Å². The van der Waals surface area contributed by atoms with Crippen LogP contribution >= 0.6 is 0 Å². The van der Waals surface area contributed by atoms with Crippen molar-refractivity contribution in [3.63, 3.8) is 0 Å². The molecule has 1 heterocycles. The standard InChI is InChI=1S/C12H15N3O2/c1-2-10(13)9-5-3-4-6-11(9)16-7-12-14-8-17-15-12/h3-6,8,10H,2,7,13H2,1H3/t10-/m1/s1. The van der Waals surface area contributed by atoms with E-state index in [0.717, 1.165) is 17.7 Å². The quantitative estimate of drug-likeness (QED) is 0.855. The molecule has 1 aromatic heterocycles. The number of benzene rings is 1. The first-order chi connectivity index (χ1) is 8.31. The molecule has 2 N–H and O–H groups in total. The largest absolute Gasteiger partial charge is 0.485 e. The van der Waals surface area contributed by atoms with E-state index in [2.05, 4.69) is 14.7 Å². The van der Waals surface area contributed by atoms with E-state index in [1.807, 2.05) is 31.2 Å². The van der Waals surface area contributed by atoms with Gasteiger partial charge in [-0.15, -0.1) is 0 Å². The molecular formula is C12H15N3O2. The van der Waals surface area contributed by atoms with Gasteiger partial charge in [-0.3, -0.25) is 0 Å². The number of hydrogen-bond acceptors (Lipinski definition) is 5. The van der Waals surface area contributed by atoms with E-state index < -0.39 is 0 Å². The molecule has 1 atom stereocenters. The molecule has 17 heavy (non-hydrogen) atoms. The first-order valence-electron chi connectivity index (χ1n) is 5.53. The Morgan fingerprint density at radius 3 is 2.94 bits per heavy atom. The zero-order valence-electron chi connectivity index (χ0n) is 9.67. The molecule has 0 unspecified atom stereocenters. The number of hydrogen-bond donors (Lipinski definition) is 1. The molecule has 2 aromatic rings. The van der Waals surface area contributed by atoms with Gasteiger partial charge in [0.05, 0.1) is 0 Å². The first-order valence-corrected chi connectivity index (χ1v) is 5.53. The summed E-state index contributed by atoms with van der Waals surface area (Å²) in [4.78, 5) is 3.89. The fraction of sp³-hybridized carbons (Fsp3) is 0.333. The van der Waals surface area contributed by atoms with Crippen molar-refractivity contribution in [3.8, 4) is 5.75 Å². The third-order valence-corrected chi connectivity index (χ3v) is 2.52. The molecule has 0 spiro atoms. The molecule has 5 nitrogen and oxygen atoms in total. The van der Waals surface area contributed by atoms with E-state index in [9.17, 15) is 0 Å². The van der Waals surface area contributed by atoms with Crippen LogP contribution in [0.3, 0.4) is 0 Å². The third-order valence-electron chi connectivity index (χ3n) is 2.52. The average molecular weight is 233 g/mol. The zero-order valence-corrected chi connectivity index (χ0v) is 9.67. The van der Waals surface area contributed by atoms with Gasteiger partial charge >= 0.3 is 0 Å². The van der Waals surface area contributed by atoms with Gasteiger partial charge in [-0.1, -0.05) is 30.3 Å². The zero-order chi connectivity index (χ0) is 12.1. The Morgan fingerprint density at radius 1 is 1.41 bits per heavy atom. The number of nitrogens with zero attached hydrogens (tertiary/aromatic N) is 2. The lowest BCUT2D eigenvalue weighted by atomic mass is 10.0. The van der Waals surface area contributed by atoms with Crippen molar-refractivity contribution in [3.05, 3.63) is 42.0 Å². The van der Waals surface area contributed by atoms with E-state index >= 15 is 0 Å². The van der Waals surface area contributed by atoms with Gasteiger partial charge in [-0.05, 0) is 12.5 Å². The van der Waals surface area contributed by atoms with Crippen LogP contribution in [0.15, 0.2) is 35.2 Å². The highest BCUT2D eigenvalue weighted by Crippen LogP contribution is 2.25. The van der Waals surface area contributed by atoms with Crippen molar-refractivity contribution in [1.29, 1.82) is 0 Å². The van der Waals surface area contributed by atoms with Crippen LogP contribution in [0.4, 0.5) is 0 Å². The Kier molecular flexibility index (Phi) is 3.72. The molecule has 0 amide bonds. The van der Waals surface area contributed by atoms with Crippen LogP contribution in [0.25, 0.3) is 0 Å². The van der Waals surface area contributed by atoms with Crippen molar-refractivity contribution >= 4 is 0 Å². The summed E-state index contributed by atoms with van der Waals surface area (Å²) in [7, 11) is 0. The molecule has 0 aliphatic heterocycles. The summed E-state index contributed by atoms with van der Waals surface area (Å²) in [5.74, 6) is 1.29. The van der Waals surface area contributed by atoms with Crippen LogP contribution in [0, 0.1) is 0 Å². The van der Waals surface area contributed by atoms with E-state index in [0.29, 0.717) is 5.82 Å². The van der Waals surface area contributed by atoms with Gasteiger partial charge in [0.15, 0.2) is 6.61 Å². The molecule has 0 radical (unpaired) electrons. The molecule has 0 saturated carbocycles. The van der Waals surface area contributed by atoms with Gasteiger partial charge in [-0.2, -0.15) is 4.98 Å². The third kappa shape index (κ3) is 2.82. The molecule has 0 saturated heterocycles. The van der Waals surface area contributed by atoms with Crippen molar-refractivity contribution in [2.24, 2.45) is 5.73 Å². The highest BCUT2D eigenvalue weighted by Gasteiger charge is 2.10. The fourth-order valence-corrected chi connectivity index (χ4v) is 1.54. The maximum atomic E-state index is 6.01. The maximum absolute atomic E-state index is 6.01. The molecule has 5 heteroatoms. The van der Waals surface area contributed by atoms with Gasteiger partial charge in [0.25, 0.3) is 0 Å². The Hall–Kier alpha value is -1.88. The van der Waals surface area contributed by atoms with Crippen molar-refractivity contribution in [2.45, 2.75) is 26.0 Å². The van der Waals surface area contributed by atoms with Crippen LogP contribution in [-0.4, -0.2) is 10.1 Å². The second-order valence-electron chi connectivity index (χ2n) is 3.69. The first kappa shape index (κ1) is 11.6. The molecular weight excluding hydrogens is 218 g/mol. The molecule has 0 bridgehead atoms. The minimum Gasteiger partial charge on any atom is -0.485 e. The summed E-state index contributed by atoms with van der Waals surface area (Å²) >= 11 is 0. The lowest BCUT2D eigenvalue weighted by molar-refractivity contribution is 0.282. The molecule has 1 aromatic carbocycles. The van der Waals surface area contributed by atoms with Gasteiger partial charge in [-0.25, -0.2) is 0 Å². The van der Waals surface area contributed by atoms with Crippen molar-refractivity contribution in [2.75, 3.05) is 0 Å². The van der Waals surface area contributed by atoms with Crippen LogP contribution in [0.1, 0.15) is 30.8 Å². The summed E-state index contributed by atoms with van der Waals surface area (Å²) in [6.45, 7) is 2.32. The molecule has 2 rings (SSSR count). The van der Waals surface area contributed by atoms with Crippen LogP contribution < -0.4 is 10.5 Å². The number of ether oxygens (including phenoxy) is 1. The SMILES string of the molecule is CC[C@@H](N)c1ccccc1OCc1ncon1. The smallest absolute Gasteiger partial charge is 0.213 e. The summed E-state index contributed by atoms with van der Waals surface area (Å²) in [5, 5.41) is 3.68. The Bertz CT molecular complexity index is 457. The van der Waals surface area contributed by atoms with Gasteiger partial charge in [0.2, 0.25) is 12.2 Å². The maximum Gasteiger partial charge on any atom is 0.213 e. The number of aromatic nitrogens is 2. The van der Waals surface area contributed by atoms with Gasteiger partial charge < -0.3 is 15.0 Å². The average Bonchev–Trinajstić information content (AvgIpc) is 2.89. The van der Waals surface area contributed by atoms with E-state index in [1.165, 1.54) is 6.39 Å². The van der Waals surface area contributed by atoms with Crippen molar-refractivity contribution in [1.82, 2.24) is 10.1 Å². The van der Waals surface area contributed by atoms with Gasteiger partial charge in [0.1, 0.15) is 5.75 Å². The van der Waals surface area contributed by atoms with Crippen molar-refractivity contribution < 1.29 is 9.26 Å². The second-order valence-corrected chi connectivity index (χ2v) is 3.69. The van der Waals surface area contributed by atoms with Crippen LogP contribution in [0.2, 0.25) is 0 Å². The topological polar surface area (TPSA) is 74.2 Å². The van der Waals surface area contributed by atoms with Crippen LogP contribution in [-0.2, 0) is 6.61 Å². The Balaban J connectivity index is 2.09. The lowest BCUT2D eigenvalue weighted by Crippen LogP contribution is -2.11. The molecule has 0 aliphatic rings. The summed E-state index contributed by atoms with van der Waals surface area (Å²) in [6, 6.07) is 7.71. The van der Waals surface area contributed by atoms with E-state index in [4.69, 9.17) is 10.5 Å². The summed E-state index contributed by atoms with van der Waals surface area (Å²) < 4.78 is 10.3. The van der Waals surface area contributed by atoms with E-state index in [1.54, 1.807) is 0 Å². The lowest BCUT2D eigenvalue weighted by Gasteiger charge is -2.14. The van der Waals surface area contributed by atoms with E-state index in [-0.39, 0.29) is 12.6 Å². The number of nitrogens with two attached hydrogens (primary N) is 1. The number of rotatable bonds is 5. The molecule has 0 fully saturated rings. The minimum absolute atomic E-state index is 0.0172. The second kappa shape index (κ2) is 5.45. The fourth-order valence-electron chi connectivity index (χ4n) is 1.54. The molecule has 90 valence electrons. The minimum atomic E-state index is -0.0172. The predicted octanol–water partition coefficient (Wildman–Crippen LogP) is 2.06. The van der Waals surface area contributed by atoms with Crippen LogP contribution in [0.5, 0.6) is 5.75 Å². The monoisotopic (exact) mass is 233 g/mol. The highest BCUT2D eigenvalue weighted by molar-refractivity contribution is 5.35. The number of para-hydroxylation sites is 1. The normalized spacial score (nSPS) is 12.4. The summed E-state index contributed by atoms with van der Waals surface area (Å²) in [5.41, 5.74) is 7.01. The van der Waals surface area contributed by atoms with Gasteiger partial charge in [0, 0.05) is 11.6 Å². The Morgan fingerprint density at radius 2 is 2.24 bits per heavy atom. The predicted molar refractivity (Wildman–Crippen MR) is 62.3 cm³/mol. The highest BCUT2D eigenvalue weighted by atomic mass is 16.5. The summed E-state index contributed by atoms with van der Waals surface area (Å²) in [6.07, 6.45) is 2.14.